The van der Waals surface area contributed by atoms with Gasteiger partial charge < -0.3 is 14.8 Å². The summed E-state index contributed by atoms with van der Waals surface area (Å²) < 4.78 is 13.1. The maximum absolute atomic E-state index is 12.5. The van der Waals surface area contributed by atoms with Crippen LogP contribution in [0.15, 0.2) is 30.3 Å². The Hall–Kier alpha value is -2.34. The van der Waals surface area contributed by atoms with Crippen LogP contribution in [0.5, 0.6) is 5.75 Å². The lowest BCUT2D eigenvalue weighted by Gasteiger charge is -2.23. The van der Waals surface area contributed by atoms with Crippen LogP contribution in [0.3, 0.4) is 0 Å². The molecule has 1 unspecified atom stereocenters. The summed E-state index contributed by atoms with van der Waals surface area (Å²) in [6.45, 7) is 3.15. The fourth-order valence-electron chi connectivity index (χ4n) is 2.83. The molecular weight excluding hydrogens is 306 g/mol. The van der Waals surface area contributed by atoms with E-state index in [1.807, 2.05) is 31.2 Å². The van der Waals surface area contributed by atoms with Gasteiger partial charge in [-0.2, -0.15) is 5.10 Å². The van der Waals surface area contributed by atoms with Gasteiger partial charge in [-0.25, -0.2) is 0 Å². The Morgan fingerprint density at radius 1 is 1.42 bits per heavy atom. The van der Waals surface area contributed by atoms with E-state index in [0.29, 0.717) is 23.7 Å². The van der Waals surface area contributed by atoms with Crippen molar-refractivity contribution in [1.82, 2.24) is 9.78 Å². The molecule has 1 aromatic carbocycles. The molecule has 0 saturated carbocycles. The van der Waals surface area contributed by atoms with E-state index in [1.165, 1.54) is 6.42 Å². The van der Waals surface area contributed by atoms with Gasteiger partial charge in [0, 0.05) is 13.7 Å². The van der Waals surface area contributed by atoms with E-state index >= 15 is 0 Å². The summed E-state index contributed by atoms with van der Waals surface area (Å²) in [5.74, 6) is 0.446. The van der Waals surface area contributed by atoms with Gasteiger partial charge in [0.05, 0.1) is 17.5 Å². The zero-order valence-electron chi connectivity index (χ0n) is 14.1. The zero-order chi connectivity index (χ0) is 16.9. The molecule has 24 heavy (non-hydrogen) atoms. The highest BCUT2D eigenvalue weighted by Gasteiger charge is 2.17. The van der Waals surface area contributed by atoms with Gasteiger partial charge in [-0.15, -0.1) is 0 Å². The van der Waals surface area contributed by atoms with E-state index in [0.717, 1.165) is 25.1 Å². The number of nitrogens with zero attached hydrogens (tertiary/aromatic N) is 2. The molecule has 1 aromatic heterocycles. The minimum absolute atomic E-state index is 0.127. The fourth-order valence-corrected chi connectivity index (χ4v) is 2.83. The van der Waals surface area contributed by atoms with Crippen molar-refractivity contribution < 1.29 is 14.3 Å². The van der Waals surface area contributed by atoms with Crippen molar-refractivity contribution in [2.75, 3.05) is 18.5 Å². The smallest absolute Gasteiger partial charge is 0.274 e. The highest BCUT2D eigenvalue weighted by atomic mass is 16.5. The Labute approximate surface area is 141 Å². The molecule has 1 aliphatic rings. The lowest BCUT2D eigenvalue weighted by Crippen LogP contribution is -2.26. The van der Waals surface area contributed by atoms with Gasteiger partial charge in [-0.1, -0.05) is 12.1 Å². The Morgan fingerprint density at radius 2 is 2.25 bits per heavy atom. The Balaban J connectivity index is 1.67. The number of benzene rings is 1. The van der Waals surface area contributed by atoms with E-state index in [1.54, 1.807) is 17.8 Å². The maximum atomic E-state index is 12.5. The first kappa shape index (κ1) is 16.5. The predicted molar refractivity (Wildman–Crippen MR) is 91.4 cm³/mol. The Bertz CT molecular complexity index is 705. The molecule has 6 nitrogen and oxygen atoms in total. The quantitative estimate of drug-likeness (QED) is 0.916. The number of aryl methyl sites for hydroxylation is 2. The topological polar surface area (TPSA) is 65.4 Å². The van der Waals surface area contributed by atoms with Crippen LogP contribution in [0.25, 0.3) is 0 Å². The lowest BCUT2D eigenvalue weighted by atomic mass is 10.1. The first-order chi connectivity index (χ1) is 11.6. The zero-order valence-corrected chi connectivity index (χ0v) is 14.1. The number of anilines is 1. The third-order valence-electron chi connectivity index (χ3n) is 4.07. The second-order valence-electron chi connectivity index (χ2n) is 6.04. The van der Waals surface area contributed by atoms with Crippen molar-refractivity contribution in [2.45, 2.75) is 32.3 Å². The maximum Gasteiger partial charge on any atom is 0.274 e. The molecule has 2 aromatic rings. The summed E-state index contributed by atoms with van der Waals surface area (Å²) in [5.41, 5.74) is 1.97. The third-order valence-corrected chi connectivity index (χ3v) is 4.07. The molecule has 0 spiro atoms. The summed E-state index contributed by atoms with van der Waals surface area (Å²) in [6, 6.07) is 9.20. The molecule has 1 saturated heterocycles. The van der Waals surface area contributed by atoms with Crippen LogP contribution in [0.2, 0.25) is 0 Å². The van der Waals surface area contributed by atoms with Gasteiger partial charge in [-0.3, -0.25) is 9.48 Å². The second kappa shape index (κ2) is 7.49. The molecule has 1 amide bonds. The van der Waals surface area contributed by atoms with Crippen molar-refractivity contribution in [3.05, 3.63) is 41.7 Å². The summed E-state index contributed by atoms with van der Waals surface area (Å²) in [4.78, 5) is 12.5. The number of ether oxygens (including phenoxy) is 2. The summed E-state index contributed by atoms with van der Waals surface area (Å²) >= 11 is 0. The van der Waals surface area contributed by atoms with Crippen molar-refractivity contribution in [2.24, 2.45) is 7.05 Å². The van der Waals surface area contributed by atoms with Gasteiger partial charge in [0.25, 0.3) is 5.91 Å². The number of carbonyl (C=O) groups excluding carboxylic acids is 1. The number of nitrogens with one attached hydrogen (secondary N) is 1. The number of rotatable bonds is 5. The summed E-state index contributed by atoms with van der Waals surface area (Å²) in [6.07, 6.45) is 3.43. The van der Waals surface area contributed by atoms with E-state index in [4.69, 9.17) is 9.47 Å². The first-order valence-corrected chi connectivity index (χ1v) is 8.29. The van der Waals surface area contributed by atoms with E-state index in [-0.39, 0.29) is 12.0 Å². The first-order valence-electron chi connectivity index (χ1n) is 8.29. The molecule has 1 aliphatic heterocycles. The normalized spacial score (nSPS) is 17.5. The standard InChI is InChI=1S/C18H23N3O3/c1-13-11-16(21(2)20-13)18(22)19-15-8-3-4-9-17(15)24-12-14-7-5-6-10-23-14/h3-4,8-9,11,14H,5-7,10,12H2,1-2H3,(H,19,22). The molecule has 6 heteroatoms. The average molecular weight is 329 g/mol. The average Bonchev–Trinajstić information content (AvgIpc) is 2.93. The molecule has 3 rings (SSSR count). The van der Waals surface area contributed by atoms with Gasteiger partial charge in [-0.05, 0) is 44.4 Å². The molecular formula is C18H23N3O3. The van der Waals surface area contributed by atoms with Crippen molar-refractivity contribution in [3.8, 4) is 5.75 Å². The van der Waals surface area contributed by atoms with Crippen LogP contribution in [0.4, 0.5) is 5.69 Å². The van der Waals surface area contributed by atoms with Gasteiger partial charge in [0.1, 0.15) is 18.1 Å². The SMILES string of the molecule is Cc1cc(C(=O)Nc2ccccc2OCC2CCCCO2)n(C)n1. The van der Waals surface area contributed by atoms with Crippen LogP contribution in [-0.4, -0.2) is 35.0 Å². The number of hydrogen-bond acceptors (Lipinski definition) is 4. The van der Waals surface area contributed by atoms with E-state index in [9.17, 15) is 4.79 Å². The number of para-hydroxylation sites is 2. The molecule has 0 aliphatic carbocycles. The number of aromatic nitrogens is 2. The van der Waals surface area contributed by atoms with Crippen molar-refractivity contribution in [1.29, 1.82) is 0 Å². The minimum atomic E-state index is -0.205. The van der Waals surface area contributed by atoms with Crippen LogP contribution in [0.1, 0.15) is 35.4 Å². The second-order valence-corrected chi connectivity index (χ2v) is 6.04. The Kier molecular flexibility index (Phi) is 5.15. The fraction of sp³-hybridized carbons (Fsp3) is 0.444. The minimum Gasteiger partial charge on any atom is -0.489 e. The van der Waals surface area contributed by atoms with Crippen LogP contribution >= 0.6 is 0 Å². The monoisotopic (exact) mass is 329 g/mol. The highest BCUT2D eigenvalue weighted by Crippen LogP contribution is 2.25. The molecule has 0 bridgehead atoms. The van der Waals surface area contributed by atoms with Gasteiger partial charge in [0.15, 0.2) is 0 Å². The van der Waals surface area contributed by atoms with Gasteiger partial charge in [0.2, 0.25) is 0 Å². The third kappa shape index (κ3) is 3.94. The van der Waals surface area contributed by atoms with Crippen molar-refractivity contribution in [3.63, 3.8) is 0 Å². The summed E-state index contributed by atoms with van der Waals surface area (Å²) in [7, 11) is 1.75. The predicted octanol–water partition coefficient (Wildman–Crippen LogP) is 2.93. The molecule has 1 N–H and O–H groups in total. The molecule has 2 heterocycles. The van der Waals surface area contributed by atoms with Crippen molar-refractivity contribution >= 4 is 11.6 Å². The molecule has 128 valence electrons. The molecule has 1 atom stereocenters. The number of amides is 1. The van der Waals surface area contributed by atoms with Crippen LogP contribution in [0, 0.1) is 6.92 Å². The molecule has 0 radical (unpaired) electrons. The highest BCUT2D eigenvalue weighted by molar-refractivity contribution is 6.03. The number of carbonyl (C=O) groups is 1. The Morgan fingerprint density at radius 3 is 2.96 bits per heavy atom. The van der Waals surface area contributed by atoms with Gasteiger partial charge >= 0.3 is 0 Å². The number of hydrogen-bond donors (Lipinski definition) is 1. The molecule has 1 fully saturated rings. The van der Waals surface area contributed by atoms with Crippen LogP contribution in [-0.2, 0) is 11.8 Å². The summed E-state index contributed by atoms with van der Waals surface area (Å²) in [5, 5.41) is 7.10. The lowest BCUT2D eigenvalue weighted by molar-refractivity contribution is -0.0109. The van der Waals surface area contributed by atoms with E-state index < -0.39 is 0 Å². The van der Waals surface area contributed by atoms with E-state index in [2.05, 4.69) is 10.4 Å². The largest absolute Gasteiger partial charge is 0.489 e. The van der Waals surface area contributed by atoms with Crippen LogP contribution < -0.4 is 10.1 Å².